The number of carbonyl (C=O) groups is 2. The summed E-state index contributed by atoms with van der Waals surface area (Å²) in [5.41, 5.74) is -0.370. The molecule has 9 heteroatoms. The van der Waals surface area contributed by atoms with Crippen molar-refractivity contribution in [3.63, 3.8) is 0 Å². The van der Waals surface area contributed by atoms with Crippen LogP contribution in [0.25, 0.3) is 0 Å². The quantitative estimate of drug-likeness (QED) is 0.505. The molecule has 27 heavy (non-hydrogen) atoms. The Morgan fingerprint density at radius 3 is 2.07 bits per heavy atom. The number of phenols is 3. The molecule has 0 aromatic heterocycles. The number of aromatic hydroxyl groups is 3. The van der Waals surface area contributed by atoms with Gasteiger partial charge in [-0.2, -0.15) is 0 Å². The summed E-state index contributed by atoms with van der Waals surface area (Å²) in [6.07, 6.45) is -0.539. The summed E-state index contributed by atoms with van der Waals surface area (Å²) in [5.74, 6) is -2.96. The smallest absolute Gasteiger partial charge is 0.338 e. The molecule has 0 spiro atoms. The van der Waals surface area contributed by atoms with Gasteiger partial charge in [0.25, 0.3) is 0 Å². The van der Waals surface area contributed by atoms with Gasteiger partial charge in [0, 0.05) is 18.1 Å². The summed E-state index contributed by atoms with van der Waals surface area (Å²) < 4.78 is 9.72. The number of carbonyl (C=O) groups excluding carboxylic acids is 2. The van der Waals surface area contributed by atoms with Gasteiger partial charge in [0.2, 0.25) is 0 Å². The maximum Gasteiger partial charge on any atom is 0.338 e. The van der Waals surface area contributed by atoms with Crippen molar-refractivity contribution in [2.45, 2.75) is 13.3 Å². The number of esters is 1. The number of hydrogen-bond donors (Lipinski definition) is 3. The standard InChI is InChI=1S/C18H16Cl2O7/c1-7-14(19)16(23)10(17(24)15(7)20)6-11(22)13-9(18(25)27-3)4-8(21)5-12(13)26-2/h4-5,21,23-24H,6H2,1-3H3. The van der Waals surface area contributed by atoms with Gasteiger partial charge in [-0.05, 0) is 18.6 Å². The topological polar surface area (TPSA) is 113 Å². The average molecular weight is 415 g/mol. The van der Waals surface area contributed by atoms with Gasteiger partial charge in [0.15, 0.2) is 5.78 Å². The van der Waals surface area contributed by atoms with Gasteiger partial charge >= 0.3 is 5.97 Å². The van der Waals surface area contributed by atoms with Crippen LogP contribution in [0.4, 0.5) is 0 Å². The second-order valence-electron chi connectivity index (χ2n) is 5.59. The minimum Gasteiger partial charge on any atom is -0.508 e. The van der Waals surface area contributed by atoms with Crippen LogP contribution in [-0.2, 0) is 11.2 Å². The second kappa shape index (κ2) is 7.94. The number of benzene rings is 2. The Morgan fingerprint density at radius 2 is 1.59 bits per heavy atom. The van der Waals surface area contributed by atoms with Gasteiger partial charge in [-0.25, -0.2) is 4.79 Å². The van der Waals surface area contributed by atoms with Crippen molar-refractivity contribution in [1.29, 1.82) is 0 Å². The number of ether oxygens (including phenoxy) is 2. The van der Waals surface area contributed by atoms with Crippen molar-refractivity contribution in [3.8, 4) is 23.0 Å². The van der Waals surface area contributed by atoms with Crippen LogP contribution in [0.3, 0.4) is 0 Å². The van der Waals surface area contributed by atoms with Gasteiger partial charge in [-0.3, -0.25) is 4.79 Å². The van der Waals surface area contributed by atoms with Crippen LogP contribution in [0, 0.1) is 6.92 Å². The molecular formula is C18H16Cl2O7. The molecule has 3 N–H and O–H groups in total. The Balaban J connectivity index is 2.63. The molecule has 0 saturated heterocycles. The van der Waals surface area contributed by atoms with Crippen LogP contribution in [0.15, 0.2) is 12.1 Å². The predicted octanol–water partition coefficient (Wildman–Crippen LogP) is 3.64. The Morgan fingerprint density at radius 1 is 1.04 bits per heavy atom. The number of methoxy groups -OCH3 is 2. The van der Waals surface area contributed by atoms with E-state index in [1.807, 2.05) is 0 Å². The zero-order valence-corrected chi connectivity index (χ0v) is 16.1. The van der Waals surface area contributed by atoms with Gasteiger partial charge in [0.1, 0.15) is 23.0 Å². The molecule has 0 radical (unpaired) electrons. The number of phenolic OH excluding ortho intramolecular Hbond substituents is 3. The summed E-state index contributed by atoms with van der Waals surface area (Å²) in [4.78, 5) is 24.9. The zero-order valence-electron chi connectivity index (χ0n) is 14.6. The van der Waals surface area contributed by atoms with E-state index in [2.05, 4.69) is 4.74 Å². The first-order valence-electron chi connectivity index (χ1n) is 7.54. The monoisotopic (exact) mass is 414 g/mol. The SMILES string of the molecule is COC(=O)c1cc(O)cc(OC)c1C(=O)Cc1c(O)c(Cl)c(C)c(Cl)c1O. The zero-order chi connectivity index (χ0) is 20.5. The lowest BCUT2D eigenvalue weighted by molar-refractivity contribution is 0.0596. The number of hydrogen-bond acceptors (Lipinski definition) is 7. The minimum atomic E-state index is -0.874. The third-order valence-corrected chi connectivity index (χ3v) is 4.90. The number of Topliss-reactive ketones (excluding diaryl/α,β-unsaturated/α-hetero) is 1. The Labute approximate surface area is 164 Å². The van der Waals surface area contributed by atoms with E-state index in [-0.39, 0.29) is 43.8 Å². The Bertz CT molecular complexity index is 909. The number of rotatable bonds is 5. The first-order chi connectivity index (χ1) is 12.6. The molecule has 2 aromatic rings. The van der Waals surface area contributed by atoms with Crippen molar-refractivity contribution in [3.05, 3.63) is 44.4 Å². The van der Waals surface area contributed by atoms with E-state index in [4.69, 9.17) is 27.9 Å². The molecule has 0 atom stereocenters. The van der Waals surface area contributed by atoms with E-state index in [0.717, 1.165) is 19.2 Å². The van der Waals surface area contributed by atoms with Crippen molar-refractivity contribution >= 4 is 35.0 Å². The lowest BCUT2D eigenvalue weighted by atomic mass is 9.95. The molecule has 0 aliphatic heterocycles. The molecule has 0 aliphatic carbocycles. The molecule has 2 aromatic carbocycles. The second-order valence-corrected chi connectivity index (χ2v) is 6.35. The average Bonchev–Trinajstić information content (AvgIpc) is 2.66. The highest BCUT2D eigenvalue weighted by Gasteiger charge is 2.27. The molecule has 0 amide bonds. The molecule has 7 nitrogen and oxygen atoms in total. The van der Waals surface area contributed by atoms with Gasteiger partial charge in [-0.15, -0.1) is 0 Å². The molecule has 0 aliphatic rings. The largest absolute Gasteiger partial charge is 0.508 e. The van der Waals surface area contributed by atoms with Crippen LogP contribution >= 0.6 is 23.2 Å². The maximum atomic E-state index is 12.9. The Kier molecular flexibility index (Phi) is 6.08. The van der Waals surface area contributed by atoms with Crippen molar-refractivity contribution in [2.75, 3.05) is 14.2 Å². The van der Waals surface area contributed by atoms with E-state index < -0.39 is 29.7 Å². The third-order valence-electron chi connectivity index (χ3n) is 3.97. The fraction of sp³-hybridized carbons (Fsp3) is 0.222. The normalized spacial score (nSPS) is 10.6. The summed E-state index contributed by atoms with van der Waals surface area (Å²) in [7, 11) is 2.37. The predicted molar refractivity (Wildman–Crippen MR) is 98.6 cm³/mol. The van der Waals surface area contributed by atoms with Crippen LogP contribution in [0.2, 0.25) is 10.0 Å². The molecule has 0 unspecified atom stereocenters. The Hall–Kier alpha value is -2.64. The van der Waals surface area contributed by atoms with Gasteiger partial charge in [0.05, 0.1) is 35.4 Å². The fourth-order valence-electron chi connectivity index (χ4n) is 2.57. The van der Waals surface area contributed by atoms with Crippen LogP contribution in [0.1, 0.15) is 31.8 Å². The van der Waals surface area contributed by atoms with E-state index in [9.17, 15) is 24.9 Å². The molecule has 144 valence electrons. The first-order valence-corrected chi connectivity index (χ1v) is 8.30. The van der Waals surface area contributed by atoms with E-state index in [0.29, 0.717) is 0 Å². The van der Waals surface area contributed by atoms with Crippen LogP contribution in [0.5, 0.6) is 23.0 Å². The van der Waals surface area contributed by atoms with Crippen molar-refractivity contribution in [2.24, 2.45) is 0 Å². The molecule has 2 rings (SSSR count). The third kappa shape index (κ3) is 3.74. The highest BCUT2D eigenvalue weighted by Crippen LogP contribution is 2.44. The summed E-state index contributed by atoms with van der Waals surface area (Å²) in [5, 5.41) is 30.0. The minimum absolute atomic E-state index is 0.0799. The summed E-state index contributed by atoms with van der Waals surface area (Å²) >= 11 is 12.0. The molecule has 0 fully saturated rings. The van der Waals surface area contributed by atoms with E-state index >= 15 is 0 Å². The maximum absolute atomic E-state index is 12.9. The lowest BCUT2D eigenvalue weighted by Crippen LogP contribution is -2.14. The van der Waals surface area contributed by atoms with Gasteiger partial charge < -0.3 is 24.8 Å². The van der Waals surface area contributed by atoms with E-state index in [1.54, 1.807) is 0 Å². The molecular weight excluding hydrogens is 399 g/mol. The highest BCUT2D eigenvalue weighted by molar-refractivity contribution is 6.38. The fourth-order valence-corrected chi connectivity index (χ4v) is 3.03. The first kappa shape index (κ1) is 20.7. The van der Waals surface area contributed by atoms with Crippen molar-refractivity contribution in [1.82, 2.24) is 0 Å². The van der Waals surface area contributed by atoms with Crippen LogP contribution < -0.4 is 4.74 Å². The van der Waals surface area contributed by atoms with Crippen molar-refractivity contribution < 1.29 is 34.4 Å². The summed E-state index contributed by atoms with van der Waals surface area (Å²) in [6, 6.07) is 2.20. The number of halogens is 2. The lowest BCUT2D eigenvalue weighted by Gasteiger charge is -2.15. The molecule has 0 saturated carbocycles. The summed E-state index contributed by atoms with van der Waals surface area (Å²) in [6.45, 7) is 1.49. The van der Waals surface area contributed by atoms with E-state index in [1.165, 1.54) is 14.0 Å². The van der Waals surface area contributed by atoms with Crippen LogP contribution in [-0.4, -0.2) is 41.3 Å². The molecule has 0 heterocycles. The molecule has 0 bridgehead atoms. The highest BCUT2D eigenvalue weighted by atomic mass is 35.5. The van der Waals surface area contributed by atoms with Gasteiger partial charge in [-0.1, -0.05) is 23.2 Å². The number of ketones is 1.